The number of hydrazine groups is 1. The van der Waals surface area contributed by atoms with Gasteiger partial charge in [0.05, 0.1) is 11.9 Å². The lowest BCUT2D eigenvalue weighted by Gasteiger charge is -2.34. The van der Waals surface area contributed by atoms with Gasteiger partial charge in [-0.1, -0.05) is 60.7 Å². The largest absolute Gasteiger partial charge is 0.480 e. The molecule has 1 aliphatic rings. The lowest BCUT2D eigenvalue weighted by Crippen LogP contribution is -2.57. The highest BCUT2D eigenvalue weighted by molar-refractivity contribution is 8.02. The lowest BCUT2D eigenvalue weighted by molar-refractivity contribution is -0.156. The number of benzene rings is 2. The van der Waals surface area contributed by atoms with Gasteiger partial charge in [-0.2, -0.15) is 0 Å². The molecule has 8 nitrogen and oxygen atoms in total. The Morgan fingerprint density at radius 2 is 1.61 bits per heavy atom. The molecule has 2 aromatic carbocycles. The highest BCUT2D eigenvalue weighted by Gasteiger charge is 2.33. The van der Waals surface area contributed by atoms with Crippen LogP contribution < -0.4 is 5.32 Å². The van der Waals surface area contributed by atoms with Crippen molar-refractivity contribution in [2.24, 2.45) is 0 Å². The van der Waals surface area contributed by atoms with Crippen LogP contribution in [0.4, 0.5) is 0 Å². The third kappa shape index (κ3) is 7.37. The van der Waals surface area contributed by atoms with Crippen LogP contribution in [0.25, 0.3) is 0 Å². The average Bonchev–Trinajstić information content (AvgIpc) is 3.34. The van der Waals surface area contributed by atoms with Gasteiger partial charge in [-0.05, 0) is 35.8 Å². The number of nitrogens with one attached hydrogen (secondary N) is 1. The Balaban J connectivity index is 1.81. The van der Waals surface area contributed by atoms with Gasteiger partial charge in [0.1, 0.15) is 12.6 Å². The van der Waals surface area contributed by atoms with E-state index >= 15 is 0 Å². The number of aryl methyl sites for hydroxylation is 1. The van der Waals surface area contributed by atoms with E-state index in [-0.39, 0.29) is 12.8 Å². The molecule has 9 heteroatoms. The van der Waals surface area contributed by atoms with E-state index in [0.717, 1.165) is 16.1 Å². The molecule has 2 aromatic rings. The van der Waals surface area contributed by atoms with E-state index in [0.29, 0.717) is 12.3 Å². The zero-order valence-electron chi connectivity index (χ0n) is 18.0. The number of thioether (sulfide) groups is 1. The Bertz CT molecular complexity index is 971. The van der Waals surface area contributed by atoms with E-state index in [1.54, 1.807) is 16.6 Å². The summed E-state index contributed by atoms with van der Waals surface area (Å²) in [6.07, 6.45) is 2.70. The Hall–Kier alpha value is -3.30. The molecule has 1 aliphatic heterocycles. The fourth-order valence-electron chi connectivity index (χ4n) is 3.57. The van der Waals surface area contributed by atoms with Crippen LogP contribution in [0, 0.1) is 0 Å². The van der Waals surface area contributed by atoms with E-state index < -0.39 is 36.5 Å². The summed E-state index contributed by atoms with van der Waals surface area (Å²) in [5, 5.41) is 26.7. The summed E-state index contributed by atoms with van der Waals surface area (Å²) in [5.74, 6) is -2.28. The molecule has 0 saturated carbocycles. The average molecular weight is 470 g/mol. The number of carboxylic acids is 2. The predicted octanol–water partition coefficient (Wildman–Crippen LogP) is 2.58. The molecular weight excluding hydrogens is 442 g/mol. The number of amides is 1. The number of aliphatic carboxylic acids is 2. The Kier molecular flexibility index (Phi) is 8.91. The summed E-state index contributed by atoms with van der Waals surface area (Å²) in [6.45, 7) is -0.515. The second kappa shape index (κ2) is 12.1. The highest BCUT2D eigenvalue weighted by atomic mass is 32.2. The van der Waals surface area contributed by atoms with E-state index in [2.05, 4.69) is 5.32 Å². The first-order valence-corrected chi connectivity index (χ1v) is 11.6. The first-order chi connectivity index (χ1) is 15.9. The van der Waals surface area contributed by atoms with Crippen molar-refractivity contribution in [1.29, 1.82) is 0 Å². The molecule has 0 aliphatic carbocycles. The number of hydrogen-bond acceptors (Lipinski definition) is 6. The fraction of sp³-hybridized carbons (Fsp3) is 0.292. The summed E-state index contributed by atoms with van der Waals surface area (Å²) in [6, 6.07) is 16.9. The third-order valence-electron chi connectivity index (χ3n) is 5.23. The number of carbonyl (C=O) groups excluding carboxylic acids is 1. The third-order valence-corrected chi connectivity index (χ3v) is 5.96. The summed E-state index contributed by atoms with van der Waals surface area (Å²) < 4.78 is 0. The molecule has 1 amide bonds. The van der Waals surface area contributed by atoms with Crippen LogP contribution in [0.2, 0.25) is 0 Å². The van der Waals surface area contributed by atoms with Gasteiger partial charge in [0.2, 0.25) is 0 Å². The van der Waals surface area contributed by atoms with Crippen LogP contribution in [-0.2, 0) is 27.2 Å². The van der Waals surface area contributed by atoms with Gasteiger partial charge in [0, 0.05) is 6.20 Å². The van der Waals surface area contributed by atoms with E-state index in [1.807, 2.05) is 60.7 Å². The molecule has 3 rings (SSSR count). The van der Waals surface area contributed by atoms with Crippen molar-refractivity contribution in [1.82, 2.24) is 15.3 Å². The molecule has 0 spiro atoms. The number of nitrogens with zero attached hydrogens (tertiary/aromatic N) is 2. The summed E-state index contributed by atoms with van der Waals surface area (Å²) >= 11 is 1.44. The van der Waals surface area contributed by atoms with Crippen LogP contribution >= 0.6 is 11.8 Å². The van der Waals surface area contributed by atoms with E-state index in [9.17, 15) is 24.6 Å². The second-order valence-electron chi connectivity index (χ2n) is 7.63. The van der Waals surface area contributed by atoms with Crippen LogP contribution in [0.15, 0.2) is 72.3 Å². The molecule has 0 bridgehead atoms. The van der Waals surface area contributed by atoms with Crippen LogP contribution in [-0.4, -0.2) is 62.6 Å². The van der Waals surface area contributed by atoms with Crippen molar-refractivity contribution in [2.75, 3.05) is 12.4 Å². The fourth-order valence-corrected chi connectivity index (χ4v) is 4.26. The van der Waals surface area contributed by atoms with Crippen molar-refractivity contribution in [3.05, 3.63) is 83.4 Å². The van der Waals surface area contributed by atoms with Crippen LogP contribution in [0.1, 0.15) is 17.5 Å². The second-order valence-corrected chi connectivity index (χ2v) is 8.50. The van der Waals surface area contributed by atoms with Crippen LogP contribution in [0.3, 0.4) is 0 Å². The minimum Gasteiger partial charge on any atom is -0.480 e. The molecular formula is C24H27N3O5S. The van der Waals surface area contributed by atoms with Crippen LogP contribution in [0.5, 0.6) is 0 Å². The van der Waals surface area contributed by atoms with Gasteiger partial charge < -0.3 is 10.2 Å². The zero-order chi connectivity index (χ0) is 23.6. The molecule has 0 fully saturated rings. The molecule has 33 heavy (non-hydrogen) atoms. The molecule has 1 heterocycles. The van der Waals surface area contributed by atoms with Crippen molar-refractivity contribution >= 4 is 29.6 Å². The van der Waals surface area contributed by atoms with E-state index in [1.165, 1.54) is 11.8 Å². The summed E-state index contributed by atoms with van der Waals surface area (Å²) in [4.78, 5) is 37.0. The van der Waals surface area contributed by atoms with E-state index in [4.69, 9.17) is 0 Å². The molecule has 0 aromatic heterocycles. The normalized spacial score (nSPS) is 14.6. The quantitative estimate of drug-likeness (QED) is 0.435. The van der Waals surface area contributed by atoms with Crippen molar-refractivity contribution in [3.8, 4) is 0 Å². The van der Waals surface area contributed by atoms with Gasteiger partial charge in [0.15, 0.2) is 0 Å². The SMILES string of the molecule is O=C(O)CN(C(=O)[C@H](Cc1ccccc1)N[C@@H](CCc1ccccc1)C(=O)O)N1C=CSC1. The molecule has 3 N–H and O–H groups in total. The molecule has 2 atom stereocenters. The standard InChI is InChI=1S/C24H27N3O5S/c28-22(29)16-27(26-13-14-33-17-26)23(30)21(15-19-9-5-2-6-10-19)25-20(24(31)32)12-11-18-7-3-1-4-8-18/h1-10,13-14,20-21,25H,11-12,15-17H2,(H,28,29)(H,31,32)/t20-,21-/m0/s1. The minimum atomic E-state index is -1.15. The maximum absolute atomic E-state index is 13.5. The van der Waals surface area contributed by atoms with Gasteiger partial charge >= 0.3 is 11.9 Å². The van der Waals surface area contributed by atoms with Gasteiger partial charge in [-0.15, -0.1) is 11.8 Å². The number of carboxylic acid groups (broad SMARTS) is 2. The van der Waals surface area contributed by atoms with Gasteiger partial charge in [-0.3, -0.25) is 24.7 Å². The summed E-state index contributed by atoms with van der Waals surface area (Å²) in [7, 11) is 0. The maximum Gasteiger partial charge on any atom is 0.325 e. The zero-order valence-corrected chi connectivity index (χ0v) is 18.9. The molecule has 0 saturated heterocycles. The van der Waals surface area contributed by atoms with Crippen molar-refractivity contribution < 1.29 is 24.6 Å². The number of rotatable bonds is 12. The highest BCUT2D eigenvalue weighted by Crippen LogP contribution is 2.19. The summed E-state index contributed by atoms with van der Waals surface area (Å²) in [5.41, 5.74) is 1.85. The van der Waals surface area contributed by atoms with Gasteiger partial charge in [0.25, 0.3) is 5.91 Å². The monoisotopic (exact) mass is 469 g/mol. The number of hydrogen-bond donors (Lipinski definition) is 3. The molecule has 0 unspecified atom stereocenters. The van der Waals surface area contributed by atoms with Crippen molar-refractivity contribution in [3.63, 3.8) is 0 Å². The van der Waals surface area contributed by atoms with Crippen molar-refractivity contribution in [2.45, 2.75) is 31.3 Å². The Labute approximate surface area is 196 Å². The maximum atomic E-state index is 13.5. The Morgan fingerprint density at radius 1 is 0.970 bits per heavy atom. The predicted molar refractivity (Wildman–Crippen MR) is 126 cm³/mol. The smallest absolute Gasteiger partial charge is 0.325 e. The first kappa shape index (κ1) is 24.3. The Morgan fingerprint density at radius 3 is 2.15 bits per heavy atom. The lowest BCUT2D eigenvalue weighted by atomic mass is 10.0. The topological polar surface area (TPSA) is 110 Å². The minimum absolute atomic E-state index is 0.232. The molecule has 174 valence electrons. The number of carbonyl (C=O) groups is 3. The first-order valence-electron chi connectivity index (χ1n) is 10.6. The molecule has 0 radical (unpaired) electrons. The van der Waals surface area contributed by atoms with Gasteiger partial charge in [-0.25, -0.2) is 5.01 Å².